The second-order valence-electron chi connectivity index (χ2n) is 4.96. The van der Waals surface area contributed by atoms with E-state index in [2.05, 4.69) is 31.8 Å². The Morgan fingerprint density at radius 3 is 2.71 bits per heavy atom. The van der Waals surface area contributed by atoms with Gasteiger partial charge in [-0.1, -0.05) is 0 Å². The number of nitrogens with one attached hydrogen (secondary N) is 2. The maximum Gasteiger partial charge on any atom is 0.289 e. The summed E-state index contributed by atoms with van der Waals surface area (Å²) in [5.74, 6) is -0.307. The lowest BCUT2D eigenvalue weighted by Gasteiger charge is -2.07. The molecule has 0 unspecified atom stereocenters. The lowest BCUT2D eigenvalue weighted by atomic mass is 10.3. The topological polar surface area (TPSA) is 89.2 Å². The second-order valence-corrected chi connectivity index (χ2v) is 7.08. The Morgan fingerprint density at radius 1 is 1.33 bits per heavy atom. The Hall–Kier alpha value is -2.39. The van der Waals surface area contributed by atoms with Crippen molar-refractivity contribution in [3.63, 3.8) is 0 Å². The monoisotopic (exact) mass is 408 g/mol. The van der Waals surface area contributed by atoms with Crippen molar-refractivity contribution < 1.29 is 14.0 Å². The van der Waals surface area contributed by atoms with E-state index in [9.17, 15) is 9.59 Å². The quantitative estimate of drug-likeness (QED) is 0.651. The molecule has 0 aliphatic heterocycles. The van der Waals surface area contributed by atoms with Crippen LogP contribution in [0.2, 0.25) is 0 Å². The van der Waals surface area contributed by atoms with Gasteiger partial charge in [-0.05, 0) is 41.1 Å². The van der Waals surface area contributed by atoms with Gasteiger partial charge in [0.05, 0.1) is 6.26 Å². The lowest BCUT2D eigenvalue weighted by molar-refractivity contribution is 0.0839. The first-order chi connectivity index (χ1) is 11.5. The number of thiazole rings is 1. The van der Waals surface area contributed by atoms with Gasteiger partial charge in [-0.15, -0.1) is 11.3 Å². The molecule has 0 saturated carbocycles. The molecule has 0 spiro atoms. The first-order valence-corrected chi connectivity index (χ1v) is 8.50. The molecule has 0 aromatic carbocycles. The molecule has 9 heteroatoms. The predicted octanol–water partition coefficient (Wildman–Crippen LogP) is 2.89. The maximum absolute atomic E-state index is 12.2. The van der Waals surface area contributed by atoms with Crippen LogP contribution in [0.3, 0.4) is 0 Å². The molecule has 3 aromatic heterocycles. The zero-order valence-corrected chi connectivity index (χ0v) is 15.2. The van der Waals surface area contributed by atoms with E-state index in [0.717, 1.165) is 9.35 Å². The van der Waals surface area contributed by atoms with Crippen LogP contribution in [0.4, 0.5) is 0 Å². The third-order valence-electron chi connectivity index (χ3n) is 3.24. The van der Waals surface area contributed by atoms with Gasteiger partial charge < -0.3 is 8.98 Å². The minimum atomic E-state index is -0.483. The van der Waals surface area contributed by atoms with Gasteiger partial charge in [0.15, 0.2) is 10.8 Å². The van der Waals surface area contributed by atoms with Crippen molar-refractivity contribution >= 4 is 39.1 Å². The average molecular weight is 409 g/mol. The summed E-state index contributed by atoms with van der Waals surface area (Å²) >= 11 is 4.64. The normalized spacial score (nSPS) is 10.6. The Kier molecular flexibility index (Phi) is 4.54. The molecule has 0 fully saturated rings. The third kappa shape index (κ3) is 3.26. The van der Waals surface area contributed by atoms with Crippen molar-refractivity contribution in [1.29, 1.82) is 0 Å². The molecule has 3 heterocycles. The van der Waals surface area contributed by atoms with Gasteiger partial charge >= 0.3 is 0 Å². The van der Waals surface area contributed by atoms with Crippen molar-refractivity contribution in [2.75, 3.05) is 0 Å². The molecule has 2 N–H and O–H groups in total. The fourth-order valence-electron chi connectivity index (χ4n) is 2.10. The molecule has 0 saturated heterocycles. The first kappa shape index (κ1) is 16.5. The van der Waals surface area contributed by atoms with Crippen LogP contribution < -0.4 is 10.9 Å². The highest BCUT2D eigenvalue weighted by molar-refractivity contribution is 9.10. The SMILES string of the molecule is Cc1sc(-c2ccco2)nc1C(=O)NNC(=O)c1cc(Br)cn1C. The molecule has 0 atom stereocenters. The molecule has 0 radical (unpaired) electrons. The van der Waals surface area contributed by atoms with E-state index in [1.54, 1.807) is 49.2 Å². The summed E-state index contributed by atoms with van der Waals surface area (Å²) in [5, 5.41) is 0.611. The van der Waals surface area contributed by atoms with Crippen LogP contribution in [0, 0.1) is 6.92 Å². The fourth-order valence-corrected chi connectivity index (χ4v) is 3.50. The molecule has 7 nitrogen and oxygen atoms in total. The Balaban J connectivity index is 1.69. The molecule has 0 bridgehead atoms. The number of hydrogen-bond donors (Lipinski definition) is 2. The minimum absolute atomic E-state index is 0.250. The molecule has 24 heavy (non-hydrogen) atoms. The third-order valence-corrected chi connectivity index (χ3v) is 4.66. The van der Waals surface area contributed by atoms with Crippen molar-refractivity contribution in [2.45, 2.75) is 6.92 Å². The summed E-state index contributed by atoms with van der Waals surface area (Å²) in [5.41, 5.74) is 5.42. The molecule has 0 aliphatic carbocycles. The van der Waals surface area contributed by atoms with Gasteiger partial charge in [0.25, 0.3) is 11.8 Å². The molecule has 2 amide bonds. The molecular weight excluding hydrogens is 396 g/mol. The number of carbonyl (C=O) groups excluding carboxylic acids is 2. The predicted molar refractivity (Wildman–Crippen MR) is 92.6 cm³/mol. The number of amides is 2. The number of hydrogen-bond acceptors (Lipinski definition) is 5. The largest absolute Gasteiger partial charge is 0.462 e. The second kappa shape index (κ2) is 6.62. The van der Waals surface area contributed by atoms with E-state index in [1.165, 1.54) is 11.3 Å². The van der Waals surface area contributed by atoms with E-state index in [4.69, 9.17) is 4.42 Å². The highest BCUT2D eigenvalue weighted by Crippen LogP contribution is 2.27. The highest BCUT2D eigenvalue weighted by Gasteiger charge is 2.19. The fraction of sp³-hybridized carbons (Fsp3) is 0.133. The number of aryl methyl sites for hydroxylation is 2. The summed E-state index contributed by atoms with van der Waals surface area (Å²) < 4.78 is 7.70. The smallest absolute Gasteiger partial charge is 0.289 e. The van der Waals surface area contributed by atoms with E-state index in [0.29, 0.717) is 16.5 Å². The minimum Gasteiger partial charge on any atom is -0.462 e. The zero-order chi connectivity index (χ0) is 17.3. The van der Waals surface area contributed by atoms with Crippen LogP contribution in [-0.2, 0) is 7.05 Å². The van der Waals surface area contributed by atoms with E-state index in [-0.39, 0.29) is 5.69 Å². The van der Waals surface area contributed by atoms with Crippen molar-refractivity contribution in [3.05, 3.63) is 51.4 Å². The van der Waals surface area contributed by atoms with Crippen molar-refractivity contribution in [3.8, 4) is 10.8 Å². The Morgan fingerprint density at radius 2 is 2.08 bits per heavy atom. The van der Waals surface area contributed by atoms with E-state index >= 15 is 0 Å². The number of hydrazine groups is 1. The van der Waals surface area contributed by atoms with Crippen LogP contribution in [0.1, 0.15) is 25.9 Å². The van der Waals surface area contributed by atoms with Crippen LogP contribution in [-0.4, -0.2) is 21.4 Å². The van der Waals surface area contributed by atoms with Crippen molar-refractivity contribution in [1.82, 2.24) is 20.4 Å². The van der Waals surface area contributed by atoms with Crippen LogP contribution in [0.25, 0.3) is 10.8 Å². The Labute approximate surface area is 149 Å². The van der Waals surface area contributed by atoms with Crippen LogP contribution >= 0.6 is 27.3 Å². The number of rotatable bonds is 3. The summed E-state index contributed by atoms with van der Waals surface area (Å²) in [4.78, 5) is 29.3. The molecule has 124 valence electrons. The number of nitrogens with zero attached hydrogens (tertiary/aromatic N) is 2. The number of carbonyl (C=O) groups is 2. The number of furan rings is 1. The molecule has 3 aromatic rings. The van der Waals surface area contributed by atoms with Gasteiger partial charge in [-0.25, -0.2) is 4.98 Å². The standard InChI is InChI=1S/C15H13BrN4O3S/c1-8-12(17-15(24-8)11-4-3-5-23-11)14(22)19-18-13(21)10-6-9(16)7-20(10)2/h3-7H,1-2H3,(H,18,21)(H,19,22). The molecular formula is C15H13BrN4O3S. The van der Waals surface area contributed by atoms with Crippen molar-refractivity contribution in [2.24, 2.45) is 7.05 Å². The van der Waals surface area contributed by atoms with Gasteiger partial charge in [-0.2, -0.15) is 0 Å². The summed E-state index contributed by atoms with van der Waals surface area (Å²) in [6.45, 7) is 1.79. The number of halogens is 1. The number of aromatic nitrogens is 2. The van der Waals surface area contributed by atoms with Gasteiger partial charge in [0.2, 0.25) is 0 Å². The molecule has 3 rings (SSSR count). The maximum atomic E-state index is 12.2. The first-order valence-electron chi connectivity index (χ1n) is 6.89. The lowest BCUT2D eigenvalue weighted by Crippen LogP contribution is -2.42. The van der Waals surface area contributed by atoms with Gasteiger partial charge in [-0.3, -0.25) is 20.4 Å². The van der Waals surface area contributed by atoms with E-state index < -0.39 is 11.8 Å². The summed E-state index contributed by atoms with van der Waals surface area (Å²) in [7, 11) is 1.74. The van der Waals surface area contributed by atoms with Gasteiger partial charge in [0.1, 0.15) is 11.4 Å². The van der Waals surface area contributed by atoms with Gasteiger partial charge in [0, 0.05) is 22.6 Å². The summed E-state index contributed by atoms with van der Waals surface area (Å²) in [6.07, 6.45) is 3.29. The van der Waals surface area contributed by atoms with Crippen LogP contribution in [0.15, 0.2) is 39.5 Å². The zero-order valence-electron chi connectivity index (χ0n) is 12.8. The highest BCUT2D eigenvalue weighted by atomic mass is 79.9. The summed E-state index contributed by atoms with van der Waals surface area (Å²) in [6, 6.07) is 5.18. The average Bonchev–Trinajstić information content (AvgIpc) is 3.24. The molecule has 0 aliphatic rings. The van der Waals surface area contributed by atoms with E-state index in [1.807, 2.05) is 0 Å². The Bertz CT molecular complexity index is 898. The van der Waals surface area contributed by atoms with Crippen LogP contribution in [0.5, 0.6) is 0 Å².